The molecule has 1 unspecified atom stereocenters. The van der Waals surface area contributed by atoms with Gasteiger partial charge in [0.2, 0.25) is 0 Å². The SMILES string of the molecule is C=CCCC(C)NCc1cnc(C)cn1. The molecule has 3 nitrogen and oxygen atoms in total. The molecule has 0 aromatic carbocycles. The highest BCUT2D eigenvalue weighted by Gasteiger charge is 2.00. The Labute approximate surface area is 91.7 Å². The van der Waals surface area contributed by atoms with Gasteiger partial charge >= 0.3 is 0 Å². The number of aryl methyl sites for hydroxylation is 1. The Balaban J connectivity index is 2.30. The number of allylic oxidation sites excluding steroid dienone is 1. The molecule has 0 aliphatic rings. The van der Waals surface area contributed by atoms with E-state index in [4.69, 9.17) is 0 Å². The van der Waals surface area contributed by atoms with E-state index in [9.17, 15) is 0 Å². The summed E-state index contributed by atoms with van der Waals surface area (Å²) in [6.07, 6.45) is 7.73. The highest BCUT2D eigenvalue weighted by atomic mass is 14.9. The third kappa shape index (κ3) is 4.70. The van der Waals surface area contributed by atoms with Crippen LogP contribution in [-0.2, 0) is 6.54 Å². The first-order valence-corrected chi connectivity index (χ1v) is 5.34. The molecule has 0 bridgehead atoms. The zero-order chi connectivity index (χ0) is 11.1. The summed E-state index contributed by atoms with van der Waals surface area (Å²) in [5.74, 6) is 0. The van der Waals surface area contributed by atoms with Crippen LogP contribution < -0.4 is 5.32 Å². The fourth-order valence-corrected chi connectivity index (χ4v) is 1.26. The van der Waals surface area contributed by atoms with Crippen LogP contribution >= 0.6 is 0 Å². The van der Waals surface area contributed by atoms with Gasteiger partial charge in [0.05, 0.1) is 11.4 Å². The molecule has 1 N–H and O–H groups in total. The first kappa shape index (κ1) is 11.9. The Morgan fingerprint density at radius 2 is 2.27 bits per heavy atom. The minimum atomic E-state index is 0.492. The van der Waals surface area contributed by atoms with Gasteiger partial charge in [-0.25, -0.2) is 0 Å². The molecular weight excluding hydrogens is 186 g/mol. The Bertz CT molecular complexity index is 292. The molecule has 1 aromatic heterocycles. The van der Waals surface area contributed by atoms with E-state index in [0.29, 0.717) is 6.04 Å². The smallest absolute Gasteiger partial charge is 0.0724 e. The topological polar surface area (TPSA) is 37.8 Å². The molecule has 3 heteroatoms. The molecular formula is C12H19N3. The number of rotatable bonds is 6. The first-order chi connectivity index (χ1) is 7.22. The molecule has 0 saturated heterocycles. The maximum Gasteiger partial charge on any atom is 0.0724 e. The van der Waals surface area contributed by atoms with E-state index < -0.39 is 0 Å². The van der Waals surface area contributed by atoms with Crippen molar-refractivity contribution in [2.75, 3.05) is 0 Å². The van der Waals surface area contributed by atoms with Gasteiger partial charge in [-0.15, -0.1) is 6.58 Å². The van der Waals surface area contributed by atoms with Crippen molar-refractivity contribution in [3.63, 3.8) is 0 Å². The molecule has 0 radical (unpaired) electrons. The van der Waals surface area contributed by atoms with Gasteiger partial charge in [-0.2, -0.15) is 0 Å². The predicted octanol–water partition coefficient (Wildman–Crippen LogP) is 2.23. The summed E-state index contributed by atoms with van der Waals surface area (Å²) >= 11 is 0. The molecule has 15 heavy (non-hydrogen) atoms. The van der Waals surface area contributed by atoms with Crippen molar-refractivity contribution < 1.29 is 0 Å². The van der Waals surface area contributed by atoms with E-state index >= 15 is 0 Å². The van der Waals surface area contributed by atoms with Crippen molar-refractivity contribution in [3.05, 3.63) is 36.4 Å². The Morgan fingerprint density at radius 3 is 2.87 bits per heavy atom. The molecule has 0 saturated carbocycles. The van der Waals surface area contributed by atoms with Gasteiger partial charge in [0.15, 0.2) is 0 Å². The molecule has 1 aromatic rings. The number of aromatic nitrogens is 2. The molecule has 0 aliphatic carbocycles. The van der Waals surface area contributed by atoms with Crippen LogP contribution in [0.3, 0.4) is 0 Å². The van der Waals surface area contributed by atoms with Crippen LogP contribution in [-0.4, -0.2) is 16.0 Å². The van der Waals surface area contributed by atoms with Gasteiger partial charge in [-0.05, 0) is 26.7 Å². The highest BCUT2D eigenvalue weighted by Crippen LogP contribution is 1.99. The van der Waals surface area contributed by atoms with Crippen LogP contribution in [0.15, 0.2) is 25.0 Å². The maximum atomic E-state index is 4.29. The molecule has 0 fully saturated rings. The van der Waals surface area contributed by atoms with Crippen molar-refractivity contribution in [1.82, 2.24) is 15.3 Å². The van der Waals surface area contributed by atoms with E-state index in [1.807, 2.05) is 19.2 Å². The van der Waals surface area contributed by atoms with Crippen molar-refractivity contribution in [2.45, 2.75) is 39.3 Å². The second-order valence-electron chi connectivity index (χ2n) is 3.80. The van der Waals surface area contributed by atoms with Crippen LogP contribution in [0, 0.1) is 6.92 Å². The van der Waals surface area contributed by atoms with Gasteiger partial charge in [0, 0.05) is 25.0 Å². The molecule has 1 heterocycles. The lowest BCUT2D eigenvalue weighted by atomic mass is 10.2. The number of hydrogen-bond acceptors (Lipinski definition) is 3. The van der Waals surface area contributed by atoms with E-state index in [1.54, 1.807) is 6.20 Å². The summed E-state index contributed by atoms with van der Waals surface area (Å²) in [4.78, 5) is 8.49. The van der Waals surface area contributed by atoms with Crippen molar-refractivity contribution >= 4 is 0 Å². The number of nitrogens with zero attached hydrogens (tertiary/aromatic N) is 2. The van der Waals surface area contributed by atoms with Gasteiger partial charge in [-0.3, -0.25) is 9.97 Å². The normalized spacial score (nSPS) is 12.4. The highest BCUT2D eigenvalue weighted by molar-refractivity contribution is 5.00. The standard InChI is InChI=1S/C12H19N3/c1-4-5-6-10(2)13-8-12-9-14-11(3)7-15-12/h4,7,9-10,13H,1,5-6,8H2,2-3H3. The third-order valence-corrected chi connectivity index (χ3v) is 2.27. The van der Waals surface area contributed by atoms with Gasteiger partial charge < -0.3 is 5.32 Å². The summed E-state index contributed by atoms with van der Waals surface area (Å²) in [5.41, 5.74) is 1.95. The Kier molecular flexibility index (Phi) is 4.98. The van der Waals surface area contributed by atoms with Gasteiger partial charge in [0.25, 0.3) is 0 Å². The zero-order valence-corrected chi connectivity index (χ0v) is 9.53. The maximum absolute atomic E-state index is 4.29. The minimum Gasteiger partial charge on any atom is -0.309 e. The Hall–Kier alpha value is -1.22. The number of nitrogens with one attached hydrogen (secondary N) is 1. The average Bonchev–Trinajstić information content (AvgIpc) is 2.25. The largest absolute Gasteiger partial charge is 0.309 e. The van der Waals surface area contributed by atoms with E-state index in [1.165, 1.54) is 0 Å². The fraction of sp³-hybridized carbons (Fsp3) is 0.500. The van der Waals surface area contributed by atoms with Crippen LogP contribution in [0.5, 0.6) is 0 Å². The van der Waals surface area contributed by atoms with Crippen molar-refractivity contribution in [3.8, 4) is 0 Å². The van der Waals surface area contributed by atoms with Gasteiger partial charge in [0.1, 0.15) is 0 Å². The quantitative estimate of drug-likeness (QED) is 0.724. The second kappa shape index (κ2) is 6.30. The van der Waals surface area contributed by atoms with Crippen LogP contribution in [0.25, 0.3) is 0 Å². The summed E-state index contributed by atoms with van der Waals surface area (Å²) in [7, 11) is 0. The molecule has 1 rings (SSSR count). The summed E-state index contributed by atoms with van der Waals surface area (Å²) in [6.45, 7) is 8.61. The monoisotopic (exact) mass is 205 g/mol. The second-order valence-corrected chi connectivity index (χ2v) is 3.80. The summed E-state index contributed by atoms with van der Waals surface area (Å²) in [5, 5.41) is 3.40. The summed E-state index contributed by atoms with van der Waals surface area (Å²) < 4.78 is 0. The van der Waals surface area contributed by atoms with Crippen LogP contribution in [0.1, 0.15) is 31.2 Å². The lowest BCUT2D eigenvalue weighted by Gasteiger charge is -2.11. The Morgan fingerprint density at radius 1 is 1.47 bits per heavy atom. The lowest BCUT2D eigenvalue weighted by Crippen LogP contribution is -2.25. The van der Waals surface area contributed by atoms with Crippen LogP contribution in [0.4, 0.5) is 0 Å². The molecule has 0 spiro atoms. The number of hydrogen-bond donors (Lipinski definition) is 1. The third-order valence-electron chi connectivity index (χ3n) is 2.27. The minimum absolute atomic E-state index is 0.492. The van der Waals surface area contributed by atoms with E-state index in [-0.39, 0.29) is 0 Å². The average molecular weight is 205 g/mol. The van der Waals surface area contributed by atoms with Crippen molar-refractivity contribution in [2.24, 2.45) is 0 Å². The van der Waals surface area contributed by atoms with Gasteiger partial charge in [-0.1, -0.05) is 6.08 Å². The molecule has 82 valence electrons. The van der Waals surface area contributed by atoms with Crippen LogP contribution in [0.2, 0.25) is 0 Å². The lowest BCUT2D eigenvalue weighted by molar-refractivity contribution is 0.513. The van der Waals surface area contributed by atoms with E-state index in [0.717, 1.165) is 30.8 Å². The molecule has 0 amide bonds. The first-order valence-electron chi connectivity index (χ1n) is 5.34. The zero-order valence-electron chi connectivity index (χ0n) is 9.53. The molecule has 1 atom stereocenters. The van der Waals surface area contributed by atoms with Crippen molar-refractivity contribution in [1.29, 1.82) is 0 Å². The fourth-order valence-electron chi connectivity index (χ4n) is 1.26. The summed E-state index contributed by atoms with van der Waals surface area (Å²) in [6, 6.07) is 0.492. The predicted molar refractivity (Wildman–Crippen MR) is 62.5 cm³/mol. The van der Waals surface area contributed by atoms with E-state index in [2.05, 4.69) is 28.8 Å². The molecule has 0 aliphatic heterocycles.